The van der Waals surface area contributed by atoms with Crippen molar-refractivity contribution in [3.05, 3.63) is 0 Å². The van der Waals surface area contributed by atoms with Gasteiger partial charge in [0, 0.05) is 32.1 Å². The highest BCUT2D eigenvalue weighted by Gasteiger charge is 2.47. The SMILES string of the molecule is COC(=O)C1CC(O)CN1C(=O)[C@H](C(C)C)N1CCN(C2CCCC2)C1=O. The van der Waals surface area contributed by atoms with E-state index >= 15 is 0 Å². The Morgan fingerprint density at radius 3 is 2.44 bits per heavy atom. The third-order valence-corrected chi connectivity index (χ3v) is 6.09. The number of rotatable bonds is 5. The fourth-order valence-electron chi connectivity index (χ4n) is 4.75. The number of amides is 3. The summed E-state index contributed by atoms with van der Waals surface area (Å²) in [6.45, 7) is 5.07. The zero-order chi connectivity index (χ0) is 19.7. The molecule has 0 aromatic heterocycles. The van der Waals surface area contributed by atoms with E-state index in [0.29, 0.717) is 13.1 Å². The predicted octanol–water partition coefficient (Wildman–Crippen LogP) is 0.826. The van der Waals surface area contributed by atoms with E-state index in [9.17, 15) is 19.5 Å². The second-order valence-electron chi connectivity index (χ2n) is 8.22. The summed E-state index contributed by atoms with van der Waals surface area (Å²) in [5.74, 6) is -0.901. The van der Waals surface area contributed by atoms with Crippen LogP contribution in [0.15, 0.2) is 0 Å². The fourth-order valence-corrected chi connectivity index (χ4v) is 4.75. The van der Waals surface area contributed by atoms with E-state index in [1.54, 1.807) is 4.90 Å². The van der Waals surface area contributed by atoms with Crippen LogP contribution in [0.3, 0.4) is 0 Å². The molecule has 3 rings (SSSR count). The number of aliphatic hydroxyl groups excluding tert-OH is 1. The van der Waals surface area contributed by atoms with E-state index < -0.39 is 24.2 Å². The van der Waals surface area contributed by atoms with Gasteiger partial charge in [-0.2, -0.15) is 0 Å². The molecular formula is C19H31N3O5. The first-order valence-corrected chi connectivity index (χ1v) is 9.98. The van der Waals surface area contributed by atoms with Crippen LogP contribution in [0.25, 0.3) is 0 Å². The lowest BCUT2D eigenvalue weighted by atomic mass is 10.0. The molecule has 2 unspecified atom stereocenters. The highest BCUT2D eigenvalue weighted by atomic mass is 16.5. The van der Waals surface area contributed by atoms with Gasteiger partial charge in [0.1, 0.15) is 12.1 Å². The Kier molecular flexibility index (Phi) is 5.93. The number of ether oxygens (including phenoxy) is 1. The first-order chi connectivity index (χ1) is 12.8. The smallest absolute Gasteiger partial charge is 0.328 e. The molecule has 0 radical (unpaired) electrons. The predicted molar refractivity (Wildman–Crippen MR) is 97.8 cm³/mol. The van der Waals surface area contributed by atoms with Crippen molar-refractivity contribution in [3.63, 3.8) is 0 Å². The van der Waals surface area contributed by atoms with Crippen molar-refractivity contribution in [2.24, 2.45) is 5.92 Å². The van der Waals surface area contributed by atoms with Gasteiger partial charge in [-0.15, -0.1) is 0 Å². The van der Waals surface area contributed by atoms with Crippen molar-refractivity contribution in [1.82, 2.24) is 14.7 Å². The van der Waals surface area contributed by atoms with Crippen LogP contribution >= 0.6 is 0 Å². The van der Waals surface area contributed by atoms with Gasteiger partial charge < -0.3 is 24.5 Å². The van der Waals surface area contributed by atoms with E-state index in [2.05, 4.69) is 0 Å². The lowest BCUT2D eigenvalue weighted by Crippen LogP contribution is -2.55. The van der Waals surface area contributed by atoms with Crippen molar-refractivity contribution >= 4 is 17.9 Å². The molecule has 0 bridgehead atoms. The number of aliphatic hydroxyl groups is 1. The summed E-state index contributed by atoms with van der Waals surface area (Å²) in [5, 5.41) is 10.00. The topological polar surface area (TPSA) is 90.4 Å². The van der Waals surface area contributed by atoms with E-state index in [-0.39, 0.29) is 36.9 Å². The average molecular weight is 381 g/mol. The van der Waals surface area contributed by atoms with E-state index in [4.69, 9.17) is 4.74 Å². The van der Waals surface area contributed by atoms with Crippen LogP contribution < -0.4 is 0 Å². The van der Waals surface area contributed by atoms with E-state index in [1.165, 1.54) is 12.0 Å². The molecule has 8 nitrogen and oxygen atoms in total. The average Bonchev–Trinajstić information content (AvgIpc) is 3.35. The number of methoxy groups -OCH3 is 1. The minimum Gasteiger partial charge on any atom is -0.467 e. The number of likely N-dealkylation sites (tertiary alicyclic amines) is 1. The molecule has 0 aromatic rings. The molecular weight excluding hydrogens is 350 g/mol. The van der Waals surface area contributed by atoms with Crippen molar-refractivity contribution in [3.8, 4) is 0 Å². The van der Waals surface area contributed by atoms with Crippen LogP contribution in [0.1, 0.15) is 46.0 Å². The Morgan fingerprint density at radius 2 is 1.85 bits per heavy atom. The van der Waals surface area contributed by atoms with Gasteiger partial charge in [0.05, 0.1) is 13.2 Å². The minimum atomic E-state index is -0.789. The Balaban J connectivity index is 1.78. The maximum atomic E-state index is 13.3. The third-order valence-electron chi connectivity index (χ3n) is 6.09. The molecule has 3 aliphatic rings. The first-order valence-electron chi connectivity index (χ1n) is 9.98. The molecule has 27 heavy (non-hydrogen) atoms. The lowest BCUT2D eigenvalue weighted by Gasteiger charge is -2.35. The van der Waals surface area contributed by atoms with Gasteiger partial charge in [-0.3, -0.25) is 4.79 Å². The quantitative estimate of drug-likeness (QED) is 0.713. The monoisotopic (exact) mass is 381 g/mol. The Bertz CT molecular complexity index is 590. The van der Waals surface area contributed by atoms with Crippen LogP contribution in [0.2, 0.25) is 0 Å². The van der Waals surface area contributed by atoms with Crippen LogP contribution in [0, 0.1) is 5.92 Å². The Hall–Kier alpha value is -1.83. The zero-order valence-corrected chi connectivity index (χ0v) is 16.5. The van der Waals surface area contributed by atoms with E-state index in [1.807, 2.05) is 18.7 Å². The van der Waals surface area contributed by atoms with Crippen LogP contribution in [0.4, 0.5) is 4.79 Å². The first kappa shape index (κ1) is 19.9. The molecule has 3 amide bonds. The number of β-amino-alcohol motifs (C(OH)–C–C–N with tert-alkyl or cyclic N) is 1. The number of carbonyl (C=O) groups is 3. The molecule has 3 atom stereocenters. The zero-order valence-electron chi connectivity index (χ0n) is 16.5. The number of esters is 1. The van der Waals surface area contributed by atoms with Gasteiger partial charge in [0.15, 0.2) is 0 Å². The minimum absolute atomic E-state index is 0.0803. The summed E-state index contributed by atoms with van der Waals surface area (Å²) in [5.41, 5.74) is 0. The van der Waals surface area contributed by atoms with Crippen molar-refractivity contribution in [2.45, 2.75) is 70.2 Å². The summed E-state index contributed by atoms with van der Waals surface area (Å²) in [6, 6.07) is -1.23. The fraction of sp³-hybridized carbons (Fsp3) is 0.842. The third kappa shape index (κ3) is 3.77. The number of carbonyl (C=O) groups excluding carboxylic acids is 3. The number of nitrogens with zero attached hydrogens (tertiary/aromatic N) is 3. The van der Waals surface area contributed by atoms with Gasteiger partial charge in [-0.05, 0) is 18.8 Å². The Labute approximate surface area is 160 Å². The van der Waals surface area contributed by atoms with Crippen molar-refractivity contribution in [1.29, 1.82) is 0 Å². The maximum absolute atomic E-state index is 13.3. The van der Waals surface area contributed by atoms with Crippen molar-refractivity contribution in [2.75, 3.05) is 26.7 Å². The van der Waals surface area contributed by atoms with Gasteiger partial charge in [0.2, 0.25) is 5.91 Å². The van der Waals surface area contributed by atoms with Gasteiger partial charge in [-0.25, -0.2) is 9.59 Å². The Morgan fingerprint density at radius 1 is 1.19 bits per heavy atom. The standard InChI is InChI=1S/C19H31N3O5/c1-12(2)16(17(24)22-11-14(23)10-15(22)18(25)27-3)21-9-8-20(19(21)26)13-6-4-5-7-13/h12-16,23H,4-11H2,1-3H3/t14?,15?,16-/m0/s1. The highest BCUT2D eigenvalue weighted by Crippen LogP contribution is 2.30. The molecule has 0 spiro atoms. The largest absolute Gasteiger partial charge is 0.467 e. The van der Waals surface area contributed by atoms with Crippen LogP contribution in [0.5, 0.6) is 0 Å². The molecule has 1 saturated carbocycles. The van der Waals surface area contributed by atoms with Gasteiger partial charge >= 0.3 is 12.0 Å². The molecule has 0 aromatic carbocycles. The molecule has 2 saturated heterocycles. The summed E-state index contributed by atoms with van der Waals surface area (Å²) < 4.78 is 4.80. The van der Waals surface area contributed by atoms with E-state index in [0.717, 1.165) is 25.7 Å². The molecule has 1 N–H and O–H groups in total. The highest BCUT2D eigenvalue weighted by molar-refractivity contribution is 5.91. The normalized spacial score (nSPS) is 27.7. The lowest BCUT2D eigenvalue weighted by molar-refractivity contribution is -0.153. The summed E-state index contributed by atoms with van der Waals surface area (Å²) in [6.07, 6.45) is 3.77. The molecule has 8 heteroatoms. The maximum Gasteiger partial charge on any atom is 0.328 e. The second kappa shape index (κ2) is 8.04. The number of hydrogen-bond donors (Lipinski definition) is 1. The second-order valence-corrected chi connectivity index (χ2v) is 8.22. The van der Waals surface area contributed by atoms with Crippen LogP contribution in [-0.2, 0) is 14.3 Å². The summed E-state index contributed by atoms with van der Waals surface area (Å²) in [4.78, 5) is 43.4. The molecule has 152 valence electrons. The van der Waals surface area contributed by atoms with Gasteiger partial charge in [0.25, 0.3) is 0 Å². The summed E-state index contributed by atoms with van der Waals surface area (Å²) >= 11 is 0. The molecule has 2 heterocycles. The number of hydrogen-bond acceptors (Lipinski definition) is 5. The molecule has 2 aliphatic heterocycles. The molecule has 3 fully saturated rings. The van der Waals surface area contributed by atoms with Gasteiger partial charge in [-0.1, -0.05) is 26.7 Å². The summed E-state index contributed by atoms with van der Waals surface area (Å²) in [7, 11) is 1.28. The van der Waals surface area contributed by atoms with Crippen molar-refractivity contribution < 1.29 is 24.2 Å². The number of urea groups is 1. The molecule has 1 aliphatic carbocycles. The van der Waals surface area contributed by atoms with Crippen LogP contribution in [-0.4, -0.2) is 88.7 Å².